The van der Waals surface area contributed by atoms with Crippen molar-refractivity contribution in [3.05, 3.63) is 42.5 Å². The normalized spacial score (nSPS) is 12.4. The van der Waals surface area contributed by atoms with Gasteiger partial charge in [-0.25, -0.2) is 4.21 Å². The Bertz CT molecular complexity index is 657. The molecule has 0 aliphatic carbocycles. The Balaban J connectivity index is 2.13. The van der Waals surface area contributed by atoms with Crippen LogP contribution in [0, 0.1) is 0 Å². The Hall–Kier alpha value is -2.45. The van der Waals surface area contributed by atoms with Gasteiger partial charge in [-0.15, -0.1) is 5.11 Å². The maximum atomic E-state index is 10.3. The molecule has 0 aliphatic heterocycles. The third kappa shape index (κ3) is 3.77. The standard InChI is InChI=1S/C12H10N2O5S/c15-9-3-6-11(12(16)7-9)14-13-8-1-4-10(5-2-8)19-20(17)18/h1-7,15-16H,(H,17,18)/p-1. The summed E-state index contributed by atoms with van der Waals surface area (Å²) in [4.78, 5) is 0. The topological polar surface area (TPSA) is 115 Å². The summed E-state index contributed by atoms with van der Waals surface area (Å²) in [6.45, 7) is 0. The Morgan fingerprint density at radius 3 is 2.35 bits per heavy atom. The molecular weight excluding hydrogens is 284 g/mol. The fourth-order valence-corrected chi connectivity index (χ4v) is 1.62. The van der Waals surface area contributed by atoms with Gasteiger partial charge in [0.25, 0.3) is 0 Å². The van der Waals surface area contributed by atoms with Crippen molar-refractivity contribution in [2.75, 3.05) is 0 Å². The van der Waals surface area contributed by atoms with Crippen molar-refractivity contribution in [3.63, 3.8) is 0 Å². The molecule has 2 rings (SSSR count). The lowest BCUT2D eigenvalue weighted by Gasteiger charge is -2.06. The van der Waals surface area contributed by atoms with Crippen LogP contribution in [0.25, 0.3) is 0 Å². The van der Waals surface area contributed by atoms with Crippen molar-refractivity contribution in [2.45, 2.75) is 0 Å². The first-order valence-corrected chi connectivity index (χ1v) is 6.36. The molecule has 1 atom stereocenters. The third-order valence-electron chi connectivity index (χ3n) is 2.23. The van der Waals surface area contributed by atoms with Gasteiger partial charge in [-0.2, -0.15) is 5.11 Å². The minimum absolute atomic E-state index is 0.0754. The summed E-state index contributed by atoms with van der Waals surface area (Å²) >= 11 is -2.62. The first-order chi connectivity index (χ1) is 9.54. The lowest BCUT2D eigenvalue weighted by molar-refractivity contribution is 0.440. The Labute approximate surface area is 116 Å². The molecule has 0 heterocycles. The zero-order valence-corrected chi connectivity index (χ0v) is 10.8. The van der Waals surface area contributed by atoms with Crippen molar-refractivity contribution < 1.29 is 23.2 Å². The summed E-state index contributed by atoms with van der Waals surface area (Å²) in [5.41, 5.74) is 0.644. The number of nitrogens with zero attached hydrogens (tertiary/aromatic N) is 2. The van der Waals surface area contributed by atoms with Gasteiger partial charge in [0.05, 0.1) is 5.69 Å². The molecule has 2 aromatic carbocycles. The van der Waals surface area contributed by atoms with Crippen molar-refractivity contribution in [3.8, 4) is 17.2 Å². The summed E-state index contributed by atoms with van der Waals surface area (Å²) < 4.78 is 25.1. The van der Waals surface area contributed by atoms with E-state index in [9.17, 15) is 13.9 Å². The van der Waals surface area contributed by atoms with Gasteiger partial charge in [0.2, 0.25) is 0 Å². The molecular formula is C12H9N2O5S-. The van der Waals surface area contributed by atoms with Crippen LogP contribution in [-0.4, -0.2) is 19.0 Å². The highest BCUT2D eigenvalue weighted by Crippen LogP contribution is 2.31. The number of aromatic hydroxyl groups is 2. The number of azo groups is 1. The van der Waals surface area contributed by atoms with Crippen molar-refractivity contribution in [1.29, 1.82) is 0 Å². The highest BCUT2D eigenvalue weighted by Gasteiger charge is 2.01. The monoisotopic (exact) mass is 293 g/mol. The van der Waals surface area contributed by atoms with Crippen LogP contribution >= 0.6 is 0 Å². The Morgan fingerprint density at radius 1 is 1.05 bits per heavy atom. The molecule has 20 heavy (non-hydrogen) atoms. The summed E-state index contributed by atoms with van der Waals surface area (Å²) in [5, 5.41) is 26.3. The molecule has 0 fully saturated rings. The van der Waals surface area contributed by atoms with Gasteiger partial charge in [0.1, 0.15) is 34.3 Å². The number of phenols is 2. The van der Waals surface area contributed by atoms with Crippen LogP contribution < -0.4 is 4.18 Å². The number of rotatable bonds is 4. The molecule has 7 nitrogen and oxygen atoms in total. The van der Waals surface area contributed by atoms with Crippen LogP contribution in [0.1, 0.15) is 0 Å². The minimum Gasteiger partial charge on any atom is -0.740 e. The summed E-state index contributed by atoms with van der Waals surface area (Å²) in [6, 6.07) is 9.77. The van der Waals surface area contributed by atoms with E-state index in [1.165, 1.54) is 36.4 Å². The molecule has 0 radical (unpaired) electrons. The van der Waals surface area contributed by atoms with E-state index in [1.54, 1.807) is 0 Å². The maximum absolute atomic E-state index is 10.3. The number of hydrogen-bond donors (Lipinski definition) is 2. The van der Waals surface area contributed by atoms with Crippen molar-refractivity contribution >= 4 is 22.7 Å². The predicted molar refractivity (Wildman–Crippen MR) is 69.9 cm³/mol. The number of benzene rings is 2. The smallest absolute Gasteiger partial charge is 0.146 e. The van der Waals surface area contributed by atoms with Gasteiger partial charge in [-0.05, 0) is 36.4 Å². The second-order valence-electron chi connectivity index (χ2n) is 3.65. The van der Waals surface area contributed by atoms with Gasteiger partial charge in [0.15, 0.2) is 0 Å². The quantitative estimate of drug-likeness (QED) is 0.664. The average molecular weight is 293 g/mol. The molecule has 2 aromatic rings. The lowest BCUT2D eigenvalue weighted by atomic mass is 10.3. The van der Waals surface area contributed by atoms with E-state index in [4.69, 9.17) is 5.11 Å². The summed E-state index contributed by atoms with van der Waals surface area (Å²) in [7, 11) is 0. The van der Waals surface area contributed by atoms with Crippen molar-refractivity contribution in [1.82, 2.24) is 0 Å². The molecule has 0 amide bonds. The molecule has 104 valence electrons. The number of hydrogen-bond acceptors (Lipinski definition) is 7. The zero-order chi connectivity index (χ0) is 14.5. The van der Waals surface area contributed by atoms with Gasteiger partial charge in [-0.3, -0.25) is 0 Å². The molecule has 0 saturated heterocycles. The second-order valence-corrected chi connectivity index (χ2v) is 4.23. The molecule has 2 N–H and O–H groups in total. The summed E-state index contributed by atoms with van der Waals surface area (Å²) in [6.07, 6.45) is 0. The molecule has 0 saturated carbocycles. The van der Waals surface area contributed by atoms with E-state index >= 15 is 0 Å². The second kappa shape index (κ2) is 6.13. The largest absolute Gasteiger partial charge is 0.740 e. The Morgan fingerprint density at radius 2 is 1.75 bits per heavy atom. The maximum Gasteiger partial charge on any atom is 0.146 e. The fourth-order valence-electron chi connectivity index (χ4n) is 1.35. The minimum atomic E-state index is -2.62. The first kappa shape index (κ1) is 14.0. The van der Waals surface area contributed by atoms with Crippen LogP contribution in [-0.2, 0) is 11.4 Å². The summed E-state index contributed by atoms with van der Waals surface area (Å²) in [5.74, 6) is -0.117. The van der Waals surface area contributed by atoms with E-state index in [1.807, 2.05) is 0 Å². The van der Waals surface area contributed by atoms with Gasteiger partial charge in [-0.1, -0.05) is 0 Å². The highest BCUT2D eigenvalue weighted by atomic mass is 32.2. The SMILES string of the molecule is O=S([O-])Oc1ccc(N=Nc2ccc(O)cc2O)cc1. The fraction of sp³-hybridized carbons (Fsp3) is 0. The van der Waals surface area contributed by atoms with Crippen LogP contribution in [0.5, 0.6) is 17.2 Å². The zero-order valence-electron chi connectivity index (χ0n) is 9.96. The molecule has 0 bridgehead atoms. The number of phenolic OH excluding ortho intramolecular Hbond substituents is 2. The van der Waals surface area contributed by atoms with E-state index in [-0.39, 0.29) is 22.9 Å². The Kier molecular flexibility index (Phi) is 4.28. The predicted octanol–water partition coefficient (Wildman–Crippen LogP) is 2.69. The van der Waals surface area contributed by atoms with Gasteiger partial charge >= 0.3 is 0 Å². The highest BCUT2D eigenvalue weighted by molar-refractivity contribution is 7.74. The van der Waals surface area contributed by atoms with E-state index in [0.717, 1.165) is 6.07 Å². The lowest BCUT2D eigenvalue weighted by Crippen LogP contribution is -1.96. The molecule has 8 heteroatoms. The van der Waals surface area contributed by atoms with Crippen LogP contribution in [0.15, 0.2) is 52.7 Å². The van der Waals surface area contributed by atoms with E-state index in [0.29, 0.717) is 5.69 Å². The van der Waals surface area contributed by atoms with E-state index < -0.39 is 11.4 Å². The van der Waals surface area contributed by atoms with Crippen LogP contribution in [0.4, 0.5) is 11.4 Å². The molecule has 0 spiro atoms. The molecule has 0 aromatic heterocycles. The first-order valence-electron chi connectivity index (χ1n) is 5.36. The third-order valence-corrected chi connectivity index (χ3v) is 2.56. The van der Waals surface area contributed by atoms with Gasteiger partial charge in [0, 0.05) is 6.07 Å². The molecule has 1 unspecified atom stereocenters. The van der Waals surface area contributed by atoms with Crippen LogP contribution in [0.2, 0.25) is 0 Å². The average Bonchev–Trinajstić information content (AvgIpc) is 2.39. The van der Waals surface area contributed by atoms with Gasteiger partial charge < -0.3 is 18.9 Å². The van der Waals surface area contributed by atoms with Crippen molar-refractivity contribution in [2.24, 2.45) is 10.2 Å². The van der Waals surface area contributed by atoms with Crippen LogP contribution in [0.3, 0.4) is 0 Å². The molecule has 0 aliphatic rings. The van der Waals surface area contributed by atoms with E-state index in [2.05, 4.69) is 14.4 Å².